The molecule has 15 heteroatoms. The summed E-state index contributed by atoms with van der Waals surface area (Å²) >= 11 is 0. The molecule has 224 valence electrons. The fourth-order valence-corrected chi connectivity index (χ4v) is 4.11. The molecule has 15 nitrogen and oxygen atoms in total. The number of nitrogens with zero attached hydrogens (tertiary/aromatic N) is 1. The maximum atomic E-state index is 13.3. The Labute approximate surface area is 236 Å². The third-order valence-electron chi connectivity index (χ3n) is 6.27. The number of guanidine groups is 1. The minimum absolute atomic E-state index is 0.00734. The van der Waals surface area contributed by atoms with Crippen molar-refractivity contribution in [3.05, 3.63) is 36.0 Å². The summed E-state index contributed by atoms with van der Waals surface area (Å²) in [6, 6.07) is 2.49. The maximum Gasteiger partial charge on any atom is 0.326 e. The van der Waals surface area contributed by atoms with Gasteiger partial charge in [0.15, 0.2) is 5.96 Å². The van der Waals surface area contributed by atoms with Gasteiger partial charge in [-0.3, -0.25) is 24.2 Å². The van der Waals surface area contributed by atoms with E-state index in [2.05, 4.69) is 25.9 Å². The maximum absolute atomic E-state index is 13.3. The number of nitrogens with two attached hydrogens (primary N) is 3. The number of aliphatic carboxylic acids is 2. The minimum Gasteiger partial charge on any atom is -0.481 e. The molecular formula is C26H38N8O7. The highest BCUT2D eigenvalue weighted by Crippen LogP contribution is 2.19. The summed E-state index contributed by atoms with van der Waals surface area (Å²) in [5.41, 5.74) is 18.5. The van der Waals surface area contributed by atoms with Crippen molar-refractivity contribution in [2.24, 2.45) is 28.1 Å². The Morgan fingerprint density at radius 1 is 0.951 bits per heavy atom. The molecule has 3 amide bonds. The lowest BCUT2D eigenvalue weighted by molar-refractivity contribution is -0.147. The first-order chi connectivity index (χ1) is 19.3. The fraction of sp³-hybridized carbons (Fsp3) is 0.462. The zero-order valence-electron chi connectivity index (χ0n) is 22.9. The normalized spacial score (nSPS) is 14.0. The second-order valence-corrected chi connectivity index (χ2v) is 9.91. The van der Waals surface area contributed by atoms with Crippen LogP contribution in [0.25, 0.3) is 10.9 Å². The first kappa shape index (κ1) is 32.6. The largest absolute Gasteiger partial charge is 0.481 e. The number of H-pyrrole nitrogens is 1. The molecule has 4 atom stereocenters. The van der Waals surface area contributed by atoms with Crippen molar-refractivity contribution in [2.75, 3.05) is 6.54 Å². The Morgan fingerprint density at radius 2 is 1.61 bits per heavy atom. The molecule has 12 N–H and O–H groups in total. The number of nitrogens with one attached hydrogen (secondary N) is 4. The zero-order chi connectivity index (χ0) is 30.7. The van der Waals surface area contributed by atoms with Gasteiger partial charge >= 0.3 is 11.9 Å². The average molecular weight is 575 g/mol. The van der Waals surface area contributed by atoms with Crippen LogP contribution in [0.4, 0.5) is 0 Å². The van der Waals surface area contributed by atoms with E-state index in [0.29, 0.717) is 0 Å². The van der Waals surface area contributed by atoms with Gasteiger partial charge in [0.05, 0.1) is 12.5 Å². The van der Waals surface area contributed by atoms with E-state index >= 15 is 0 Å². The van der Waals surface area contributed by atoms with Gasteiger partial charge < -0.3 is 48.3 Å². The lowest BCUT2D eigenvalue weighted by Gasteiger charge is -2.27. The van der Waals surface area contributed by atoms with E-state index in [-0.39, 0.29) is 31.8 Å². The fourth-order valence-electron chi connectivity index (χ4n) is 4.11. The lowest BCUT2D eigenvalue weighted by atomic mass is 10.00. The summed E-state index contributed by atoms with van der Waals surface area (Å²) in [4.78, 5) is 68.6. The molecule has 0 aliphatic heterocycles. The molecule has 2 aromatic rings. The summed E-state index contributed by atoms with van der Waals surface area (Å²) in [5, 5.41) is 26.5. The Bertz CT molecular complexity index is 1270. The molecular weight excluding hydrogens is 536 g/mol. The second kappa shape index (κ2) is 15.2. The van der Waals surface area contributed by atoms with Crippen molar-refractivity contribution in [1.82, 2.24) is 20.9 Å². The Balaban J connectivity index is 2.14. The van der Waals surface area contributed by atoms with Crippen molar-refractivity contribution in [2.45, 2.75) is 63.7 Å². The van der Waals surface area contributed by atoms with Gasteiger partial charge in [-0.25, -0.2) is 4.79 Å². The van der Waals surface area contributed by atoms with Crippen molar-refractivity contribution < 1.29 is 34.2 Å². The van der Waals surface area contributed by atoms with E-state index in [4.69, 9.17) is 22.3 Å². The van der Waals surface area contributed by atoms with E-state index in [1.54, 1.807) is 20.0 Å². The standard InChI is InChI=1S/C26H38N8O7/c1-13(2)21(34-22(37)16(27)10-14-12-31-17-7-4-3-6-15(14)17)24(39)32-18(8-5-9-30-26(28)29)23(38)33-19(25(40)41)11-20(35)36/h3-4,6-7,12-13,16,18-19,21,31H,5,8-11,27H2,1-2H3,(H,32,39)(H,33,38)(H,34,37)(H,35,36)(H,40,41)(H4,28,29,30). The number of amides is 3. The molecule has 0 saturated heterocycles. The number of aromatic nitrogens is 1. The summed E-state index contributed by atoms with van der Waals surface area (Å²) in [6.45, 7) is 3.50. The number of fused-ring (bicyclic) bond motifs is 1. The molecule has 0 spiro atoms. The molecule has 41 heavy (non-hydrogen) atoms. The summed E-state index contributed by atoms with van der Waals surface area (Å²) in [6.07, 6.45) is 1.32. The highest BCUT2D eigenvalue weighted by atomic mass is 16.4. The Kier molecular flexibility index (Phi) is 12.1. The SMILES string of the molecule is CC(C)C(NC(=O)C(N)Cc1c[nH]c2ccccc12)C(=O)NC(CCCN=C(N)N)C(=O)NC(CC(=O)O)C(=O)O. The zero-order valence-corrected chi connectivity index (χ0v) is 22.9. The first-order valence-corrected chi connectivity index (χ1v) is 13.0. The van der Waals surface area contributed by atoms with E-state index < -0.39 is 66.2 Å². The summed E-state index contributed by atoms with van der Waals surface area (Å²) < 4.78 is 0. The third-order valence-corrected chi connectivity index (χ3v) is 6.27. The molecule has 1 aromatic heterocycles. The molecule has 0 aliphatic rings. The third kappa shape index (κ3) is 10.1. The van der Waals surface area contributed by atoms with Gasteiger partial charge in [-0.15, -0.1) is 0 Å². The van der Waals surface area contributed by atoms with Crippen LogP contribution in [0, 0.1) is 5.92 Å². The molecule has 1 aromatic carbocycles. The van der Waals surface area contributed by atoms with Crippen LogP contribution >= 0.6 is 0 Å². The Morgan fingerprint density at radius 3 is 2.22 bits per heavy atom. The molecule has 0 bridgehead atoms. The van der Waals surface area contributed by atoms with Crippen molar-refractivity contribution in [3.63, 3.8) is 0 Å². The number of hydrogen-bond acceptors (Lipinski definition) is 7. The number of aliphatic imine (C=N–C) groups is 1. The van der Waals surface area contributed by atoms with Crippen LogP contribution < -0.4 is 33.2 Å². The highest BCUT2D eigenvalue weighted by Gasteiger charge is 2.32. The Hall–Kier alpha value is -4.66. The van der Waals surface area contributed by atoms with Crippen molar-refractivity contribution >= 4 is 46.5 Å². The van der Waals surface area contributed by atoms with Crippen LogP contribution in [0.15, 0.2) is 35.5 Å². The molecule has 2 rings (SSSR count). The first-order valence-electron chi connectivity index (χ1n) is 13.0. The smallest absolute Gasteiger partial charge is 0.326 e. The van der Waals surface area contributed by atoms with Gasteiger partial charge in [-0.05, 0) is 36.8 Å². The van der Waals surface area contributed by atoms with E-state index in [1.165, 1.54) is 0 Å². The van der Waals surface area contributed by atoms with Crippen LogP contribution in [-0.4, -0.2) is 81.5 Å². The topological polar surface area (TPSA) is 268 Å². The van der Waals surface area contributed by atoms with Crippen LogP contribution in [0.1, 0.15) is 38.7 Å². The highest BCUT2D eigenvalue weighted by molar-refractivity contribution is 5.95. The minimum atomic E-state index is -1.72. The monoisotopic (exact) mass is 574 g/mol. The van der Waals surface area contributed by atoms with Gasteiger partial charge in [0.25, 0.3) is 0 Å². The number of para-hydroxylation sites is 1. The van der Waals surface area contributed by atoms with Gasteiger partial charge in [-0.1, -0.05) is 32.0 Å². The molecule has 1 heterocycles. The number of carbonyl (C=O) groups excluding carboxylic acids is 3. The second-order valence-electron chi connectivity index (χ2n) is 9.91. The number of aromatic amines is 1. The van der Waals surface area contributed by atoms with Crippen molar-refractivity contribution in [1.29, 1.82) is 0 Å². The average Bonchev–Trinajstić information content (AvgIpc) is 3.30. The summed E-state index contributed by atoms with van der Waals surface area (Å²) in [5.74, 6) is -5.77. The number of carbonyl (C=O) groups is 5. The van der Waals surface area contributed by atoms with Gasteiger partial charge in [0, 0.05) is 23.6 Å². The molecule has 4 unspecified atom stereocenters. The summed E-state index contributed by atoms with van der Waals surface area (Å²) in [7, 11) is 0. The van der Waals surface area contributed by atoms with Crippen LogP contribution in [0.3, 0.4) is 0 Å². The van der Waals surface area contributed by atoms with Gasteiger partial charge in [-0.2, -0.15) is 0 Å². The number of carboxylic acid groups (broad SMARTS) is 2. The quantitative estimate of drug-likeness (QED) is 0.0653. The molecule has 0 saturated carbocycles. The van der Waals surface area contributed by atoms with Crippen LogP contribution in [-0.2, 0) is 30.4 Å². The number of carboxylic acids is 2. The van der Waals surface area contributed by atoms with Crippen LogP contribution in [0.5, 0.6) is 0 Å². The van der Waals surface area contributed by atoms with Gasteiger partial charge in [0.1, 0.15) is 18.1 Å². The predicted octanol–water partition coefficient (Wildman–Crippen LogP) is -1.24. The molecule has 0 fully saturated rings. The van der Waals surface area contributed by atoms with E-state index in [1.807, 2.05) is 24.3 Å². The number of hydrogen-bond donors (Lipinski definition) is 9. The molecule has 0 radical (unpaired) electrons. The van der Waals surface area contributed by atoms with Crippen LogP contribution in [0.2, 0.25) is 0 Å². The number of benzene rings is 1. The van der Waals surface area contributed by atoms with Crippen molar-refractivity contribution in [3.8, 4) is 0 Å². The van der Waals surface area contributed by atoms with E-state index in [9.17, 15) is 29.1 Å². The predicted molar refractivity (Wildman–Crippen MR) is 150 cm³/mol. The van der Waals surface area contributed by atoms with Gasteiger partial charge in [0.2, 0.25) is 17.7 Å². The van der Waals surface area contributed by atoms with E-state index in [0.717, 1.165) is 16.5 Å². The molecule has 0 aliphatic carbocycles. The lowest BCUT2D eigenvalue weighted by Crippen LogP contribution is -2.58. The number of rotatable bonds is 16.